The number of halogens is 1. The van der Waals surface area contributed by atoms with E-state index in [2.05, 4.69) is 9.97 Å². The molecule has 1 aromatic heterocycles. The van der Waals surface area contributed by atoms with E-state index in [4.69, 9.17) is 11.6 Å². The van der Waals surface area contributed by atoms with E-state index in [0.717, 1.165) is 0 Å². The molecule has 1 atom stereocenters. The van der Waals surface area contributed by atoms with Gasteiger partial charge in [-0.25, -0.2) is 9.97 Å². The lowest BCUT2D eigenvalue weighted by molar-refractivity contribution is -0.132. The second kappa shape index (κ2) is 7.25. The van der Waals surface area contributed by atoms with Gasteiger partial charge in [-0.2, -0.15) is 0 Å². The highest BCUT2D eigenvalue weighted by Gasteiger charge is 2.48. The van der Waals surface area contributed by atoms with Crippen molar-refractivity contribution in [3.63, 3.8) is 0 Å². The molecule has 1 fully saturated rings. The normalized spacial score (nSPS) is 18.5. The summed E-state index contributed by atoms with van der Waals surface area (Å²) in [5, 5.41) is 11.3. The molecule has 138 valence electrons. The Morgan fingerprint density at radius 2 is 1.68 bits per heavy atom. The molecule has 2 heterocycles. The quantitative estimate of drug-likeness (QED) is 0.417. The first-order valence-corrected chi connectivity index (χ1v) is 8.84. The number of aliphatic hydroxyl groups is 1. The summed E-state index contributed by atoms with van der Waals surface area (Å²) < 4.78 is 0. The summed E-state index contributed by atoms with van der Waals surface area (Å²) in [5.41, 5.74) is 0.962. The number of amides is 1. The van der Waals surface area contributed by atoms with Gasteiger partial charge < -0.3 is 5.11 Å². The molecule has 0 saturated carbocycles. The smallest absolute Gasteiger partial charge is 0.302 e. The predicted octanol–water partition coefficient (Wildman–Crippen LogP) is 3.76. The summed E-state index contributed by atoms with van der Waals surface area (Å²) >= 11 is 6.14. The summed E-state index contributed by atoms with van der Waals surface area (Å²) in [6.45, 7) is 0. The average Bonchev–Trinajstić information content (AvgIpc) is 3.00. The number of aromatic nitrogens is 2. The fraction of sp³-hybridized carbons (Fsp3) is 0.0476. The van der Waals surface area contributed by atoms with E-state index < -0.39 is 17.7 Å². The number of nitrogens with zero attached hydrogens (tertiary/aromatic N) is 3. The van der Waals surface area contributed by atoms with Gasteiger partial charge in [0.05, 0.1) is 11.6 Å². The lowest BCUT2D eigenvalue weighted by Gasteiger charge is -2.23. The number of hydrogen-bond acceptors (Lipinski definition) is 5. The highest BCUT2D eigenvalue weighted by molar-refractivity contribution is 6.51. The molecule has 7 heteroatoms. The standard InChI is InChI=1S/C21H14ClN3O3/c22-15-9-4-8-14(12-15)17-16(18(26)13-6-2-1-3-7-13)19(27)20(28)25(17)21-23-10-5-11-24-21/h1-12,17,26H/t17-/m1/s1. The monoisotopic (exact) mass is 391 g/mol. The Morgan fingerprint density at radius 1 is 0.964 bits per heavy atom. The van der Waals surface area contributed by atoms with E-state index in [-0.39, 0.29) is 17.3 Å². The second-order valence-electron chi connectivity index (χ2n) is 6.14. The van der Waals surface area contributed by atoms with Crippen LogP contribution < -0.4 is 4.90 Å². The van der Waals surface area contributed by atoms with Crippen molar-refractivity contribution >= 4 is 35.0 Å². The molecule has 0 aliphatic carbocycles. The number of carbonyl (C=O) groups is 2. The molecule has 1 aliphatic rings. The van der Waals surface area contributed by atoms with Crippen LogP contribution in [0.25, 0.3) is 5.76 Å². The molecule has 2 aromatic carbocycles. The minimum absolute atomic E-state index is 0.0362. The Kier molecular flexibility index (Phi) is 4.63. The molecule has 28 heavy (non-hydrogen) atoms. The van der Waals surface area contributed by atoms with Crippen LogP contribution in [0.2, 0.25) is 5.02 Å². The van der Waals surface area contributed by atoms with Crippen molar-refractivity contribution in [3.05, 3.63) is 94.8 Å². The Balaban J connectivity index is 1.96. The van der Waals surface area contributed by atoms with Gasteiger partial charge in [-0.15, -0.1) is 0 Å². The van der Waals surface area contributed by atoms with Gasteiger partial charge in [-0.3, -0.25) is 14.5 Å². The largest absolute Gasteiger partial charge is 0.507 e. The highest BCUT2D eigenvalue weighted by Crippen LogP contribution is 2.41. The molecule has 6 nitrogen and oxygen atoms in total. The third-order valence-electron chi connectivity index (χ3n) is 4.42. The van der Waals surface area contributed by atoms with E-state index in [9.17, 15) is 14.7 Å². The van der Waals surface area contributed by atoms with Crippen LogP contribution in [0.5, 0.6) is 0 Å². The van der Waals surface area contributed by atoms with Crippen LogP contribution in [0.4, 0.5) is 5.95 Å². The highest BCUT2D eigenvalue weighted by atomic mass is 35.5. The van der Waals surface area contributed by atoms with Crippen molar-refractivity contribution < 1.29 is 14.7 Å². The van der Waals surface area contributed by atoms with Crippen LogP contribution in [0, 0.1) is 0 Å². The van der Waals surface area contributed by atoms with Crippen LogP contribution in [0.1, 0.15) is 17.2 Å². The predicted molar refractivity (Wildman–Crippen MR) is 105 cm³/mol. The first-order valence-electron chi connectivity index (χ1n) is 8.47. The van der Waals surface area contributed by atoms with Crippen LogP contribution in [0.15, 0.2) is 78.6 Å². The van der Waals surface area contributed by atoms with Gasteiger partial charge in [0.2, 0.25) is 5.95 Å². The molecule has 0 unspecified atom stereocenters. The molecular weight excluding hydrogens is 378 g/mol. The summed E-state index contributed by atoms with van der Waals surface area (Å²) in [5.74, 6) is -1.81. The molecule has 1 saturated heterocycles. The van der Waals surface area contributed by atoms with Gasteiger partial charge in [-0.05, 0) is 23.8 Å². The van der Waals surface area contributed by atoms with E-state index in [1.807, 2.05) is 0 Å². The summed E-state index contributed by atoms with van der Waals surface area (Å²) in [6.07, 6.45) is 2.96. The van der Waals surface area contributed by atoms with Crippen LogP contribution in [0.3, 0.4) is 0 Å². The zero-order chi connectivity index (χ0) is 19.7. The second-order valence-corrected chi connectivity index (χ2v) is 6.58. The van der Waals surface area contributed by atoms with Gasteiger partial charge in [0, 0.05) is 23.0 Å². The third-order valence-corrected chi connectivity index (χ3v) is 4.66. The number of Topliss-reactive ketones (excluding diaryl/α,β-unsaturated/α-hetero) is 1. The lowest BCUT2D eigenvalue weighted by Crippen LogP contribution is -2.31. The first-order chi connectivity index (χ1) is 13.6. The molecule has 0 radical (unpaired) electrons. The number of ketones is 1. The minimum atomic E-state index is -0.902. The van der Waals surface area contributed by atoms with Gasteiger partial charge in [0.25, 0.3) is 5.78 Å². The fourth-order valence-corrected chi connectivity index (χ4v) is 3.40. The number of carbonyl (C=O) groups excluding carboxylic acids is 2. The molecule has 4 rings (SSSR count). The molecule has 0 bridgehead atoms. The number of hydrogen-bond donors (Lipinski definition) is 1. The Hall–Kier alpha value is -3.51. The molecular formula is C21H14ClN3O3. The maximum atomic E-state index is 12.9. The third kappa shape index (κ3) is 3.04. The number of anilines is 1. The van der Waals surface area contributed by atoms with Gasteiger partial charge in [0.1, 0.15) is 5.76 Å². The summed E-state index contributed by atoms with van der Waals surface area (Å²) in [7, 11) is 0. The van der Waals surface area contributed by atoms with Crippen molar-refractivity contribution in [2.24, 2.45) is 0 Å². The van der Waals surface area contributed by atoms with Crippen LogP contribution in [-0.4, -0.2) is 26.8 Å². The van der Waals surface area contributed by atoms with Crippen molar-refractivity contribution in [3.8, 4) is 0 Å². The van der Waals surface area contributed by atoms with E-state index >= 15 is 0 Å². The van der Waals surface area contributed by atoms with Crippen molar-refractivity contribution in [1.82, 2.24) is 9.97 Å². The molecule has 3 aromatic rings. The van der Waals surface area contributed by atoms with Crippen molar-refractivity contribution in [2.45, 2.75) is 6.04 Å². The van der Waals surface area contributed by atoms with Gasteiger partial charge in [-0.1, -0.05) is 54.1 Å². The number of aliphatic hydroxyl groups excluding tert-OH is 1. The zero-order valence-electron chi connectivity index (χ0n) is 14.5. The van der Waals surface area contributed by atoms with Crippen molar-refractivity contribution in [1.29, 1.82) is 0 Å². The zero-order valence-corrected chi connectivity index (χ0v) is 15.2. The molecule has 1 aliphatic heterocycles. The first kappa shape index (κ1) is 17.9. The van der Waals surface area contributed by atoms with Crippen LogP contribution in [-0.2, 0) is 9.59 Å². The number of benzene rings is 2. The molecule has 0 spiro atoms. The van der Waals surface area contributed by atoms with Gasteiger partial charge >= 0.3 is 5.91 Å². The topological polar surface area (TPSA) is 83.4 Å². The molecule has 1 amide bonds. The van der Waals surface area contributed by atoms with E-state index in [1.165, 1.54) is 17.3 Å². The maximum absolute atomic E-state index is 12.9. The Labute approximate surface area is 165 Å². The Morgan fingerprint density at radius 3 is 2.36 bits per heavy atom. The molecule has 1 N–H and O–H groups in total. The lowest BCUT2D eigenvalue weighted by atomic mass is 9.95. The van der Waals surface area contributed by atoms with E-state index in [0.29, 0.717) is 16.1 Å². The van der Waals surface area contributed by atoms with E-state index in [1.54, 1.807) is 60.7 Å². The summed E-state index contributed by atoms with van der Waals surface area (Å²) in [4.78, 5) is 35.1. The van der Waals surface area contributed by atoms with Gasteiger partial charge in [0.15, 0.2) is 0 Å². The number of rotatable bonds is 3. The van der Waals surface area contributed by atoms with Crippen molar-refractivity contribution in [2.75, 3.05) is 4.90 Å². The summed E-state index contributed by atoms with van der Waals surface area (Å²) in [6, 6.07) is 16.1. The maximum Gasteiger partial charge on any atom is 0.302 e. The average molecular weight is 392 g/mol. The SMILES string of the molecule is O=C1C(=O)N(c2ncccn2)[C@H](c2cccc(Cl)c2)C1=C(O)c1ccccc1. The fourth-order valence-electron chi connectivity index (χ4n) is 3.20. The minimum Gasteiger partial charge on any atom is -0.507 e. The Bertz CT molecular complexity index is 1080. The van der Waals surface area contributed by atoms with Crippen LogP contribution >= 0.6 is 11.6 Å².